The molecular weight excluding hydrogens is 377 g/mol. The Kier molecular flexibility index (Phi) is 4.70. The Morgan fingerprint density at radius 1 is 1.12 bits per heavy atom. The molecule has 1 aromatic heterocycles. The van der Waals surface area contributed by atoms with E-state index in [1.807, 2.05) is 0 Å². The van der Waals surface area contributed by atoms with Crippen LogP contribution in [-0.4, -0.2) is 43.1 Å². The van der Waals surface area contributed by atoms with E-state index in [0.29, 0.717) is 31.8 Å². The fourth-order valence-electron chi connectivity index (χ4n) is 3.24. The van der Waals surface area contributed by atoms with Crippen LogP contribution in [0.4, 0.5) is 4.39 Å². The van der Waals surface area contributed by atoms with Gasteiger partial charge in [0.1, 0.15) is 26.5 Å². The van der Waals surface area contributed by atoms with Gasteiger partial charge in [-0.25, -0.2) is 12.8 Å². The van der Waals surface area contributed by atoms with Crippen molar-refractivity contribution in [3.05, 3.63) is 34.0 Å². The van der Waals surface area contributed by atoms with Gasteiger partial charge in [0.05, 0.1) is 7.11 Å². The quantitative estimate of drug-likeness (QED) is 0.775. The summed E-state index contributed by atoms with van der Waals surface area (Å²) in [7, 11) is -2.42. The fraction of sp³-hybridized carbons (Fsp3) is 0.529. The molecule has 140 valence electrons. The molecule has 0 bridgehead atoms. The lowest BCUT2D eigenvalue weighted by Crippen LogP contribution is -2.38. The molecule has 1 aliphatic heterocycles. The molecule has 0 N–H and O–H groups in total. The first-order valence-electron chi connectivity index (χ1n) is 8.66. The van der Waals surface area contributed by atoms with Crippen molar-refractivity contribution >= 4 is 21.4 Å². The highest BCUT2D eigenvalue weighted by Gasteiger charge is 2.34. The number of methoxy groups -OCH3 is 1. The van der Waals surface area contributed by atoms with Gasteiger partial charge in [0.25, 0.3) is 0 Å². The molecule has 4 rings (SSSR count). The summed E-state index contributed by atoms with van der Waals surface area (Å²) >= 11 is 1.66. The van der Waals surface area contributed by atoms with E-state index in [1.165, 1.54) is 36.4 Å². The first kappa shape index (κ1) is 17.8. The van der Waals surface area contributed by atoms with E-state index in [1.54, 1.807) is 11.3 Å². The van der Waals surface area contributed by atoms with Gasteiger partial charge < -0.3 is 4.74 Å². The van der Waals surface area contributed by atoms with Crippen LogP contribution in [0.25, 0.3) is 0 Å². The molecule has 0 unspecified atom stereocenters. The molecule has 0 radical (unpaired) electrons. The first-order valence-corrected chi connectivity index (χ1v) is 10.9. The molecule has 1 saturated heterocycles. The number of piperidine rings is 1. The molecule has 0 amide bonds. The van der Waals surface area contributed by atoms with Crippen molar-refractivity contribution in [2.24, 2.45) is 0 Å². The molecule has 6 nitrogen and oxygen atoms in total. The minimum Gasteiger partial charge on any atom is -0.495 e. The molecule has 0 atom stereocenters. The highest BCUT2D eigenvalue weighted by atomic mass is 32.2. The number of hydrogen-bond acceptors (Lipinski definition) is 6. The standard InChI is InChI=1S/C17H20FN3O3S2/c1-24-14-5-4-13(18)10-15(14)26(22,23)21-8-6-12(7-9-21)17-20-19-16(25-17)11-2-3-11/h4-5,10-12H,2-3,6-9H2,1H3. The summed E-state index contributed by atoms with van der Waals surface area (Å²) < 4.78 is 45.9. The predicted octanol–water partition coefficient (Wildman–Crippen LogP) is 3.13. The predicted molar refractivity (Wildman–Crippen MR) is 95.6 cm³/mol. The SMILES string of the molecule is COc1ccc(F)cc1S(=O)(=O)N1CCC(c2nnc(C3CC3)s2)CC1. The maximum Gasteiger partial charge on any atom is 0.246 e. The second kappa shape index (κ2) is 6.86. The summed E-state index contributed by atoms with van der Waals surface area (Å²) in [4.78, 5) is -0.120. The second-order valence-electron chi connectivity index (χ2n) is 6.73. The highest BCUT2D eigenvalue weighted by Crippen LogP contribution is 2.43. The number of ether oxygens (including phenoxy) is 1. The zero-order valence-corrected chi connectivity index (χ0v) is 16.0. The molecule has 1 aromatic carbocycles. The van der Waals surface area contributed by atoms with Crippen molar-refractivity contribution < 1.29 is 17.5 Å². The third-order valence-corrected chi connectivity index (χ3v) is 8.10. The summed E-state index contributed by atoms with van der Waals surface area (Å²) in [5.41, 5.74) is 0. The number of halogens is 1. The van der Waals surface area contributed by atoms with Gasteiger partial charge in [-0.15, -0.1) is 21.5 Å². The second-order valence-corrected chi connectivity index (χ2v) is 9.67. The lowest BCUT2D eigenvalue weighted by Gasteiger charge is -2.30. The number of hydrogen-bond donors (Lipinski definition) is 0. The Balaban J connectivity index is 1.49. The van der Waals surface area contributed by atoms with Crippen molar-refractivity contribution in [3.63, 3.8) is 0 Å². The zero-order chi connectivity index (χ0) is 18.3. The molecule has 0 spiro atoms. The number of benzene rings is 1. The van der Waals surface area contributed by atoms with Gasteiger partial charge >= 0.3 is 0 Å². The topological polar surface area (TPSA) is 72.4 Å². The number of nitrogens with zero attached hydrogens (tertiary/aromatic N) is 3. The average Bonchev–Trinajstić information content (AvgIpc) is 3.39. The van der Waals surface area contributed by atoms with Gasteiger partial charge in [-0.3, -0.25) is 0 Å². The van der Waals surface area contributed by atoms with Crippen molar-refractivity contribution in [2.45, 2.75) is 42.4 Å². The van der Waals surface area contributed by atoms with Gasteiger partial charge in [0.2, 0.25) is 10.0 Å². The Labute approximate surface area is 156 Å². The molecule has 1 saturated carbocycles. The van der Waals surface area contributed by atoms with Gasteiger partial charge in [-0.1, -0.05) is 0 Å². The van der Waals surface area contributed by atoms with Crippen LogP contribution in [0.2, 0.25) is 0 Å². The minimum atomic E-state index is -3.80. The highest BCUT2D eigenvalue weighted by molar-refractivity contribution is 7.89. The maximum atomic E-state index is 13.6. The normalized spacial score (nSPS) is 19.6. The Hall–Kier alpha value is -1.58. The van der Waals surface area contributed by atoms with Gasteiger partial charge in [0.15, 0.2) is 0 Å². The third kappa shape index (κ3) is 3.35. The number of rotatable bonds is 5. The zero-order valence-electron chi connectivity index (χ0n) is 14.4. The van der Waals surface area contributed by atoms with Crippen LogP contribution in [0.5, 0.6) is 5.75 Å². The van der Waals surface area contributed by atoms with Gasteiger partial charge in [-0.05, 0) is 43.9 Å². The summed E-state index contributed by atoms with van der Waals surface area (Å²) in [6.45, 7) is 0.760. The van der Waals surface area contributed by atoms with Crippen LogP contribution >= 0.6 is 11.3 Å². The minimum absolute atomic E-state index is 0.120. The van der Waals surface area contributed by atoms with Crippen molar-refractivity contribution in [1.29, 1.82) is 0 Å². The molecule has 26 heavy (non-hydrogen) atoms. The molecular formula is C17H20FN3O3S2. The molecule has 2 aliphatic rings. The lowest BCUT2D eigenvalue weighted by molar-refractivity contribution is 0.316. The Morgan fingerprint density at radius 3 is 2.31 bits per heavy atom. The molecule has 1 aliphatic carbocycles. The van der Waals surface area contributed by atoms with Crippen LogP contribution in [0, 0.1) is 5.82 Å². The largest absolute Gasteiger partial charge is 0.495 e. The molecule has 2 aromatic rings. The Bertz CT molecular complexity index is 904. The van der Waals surface area contributed by atoms with E-state index < -0.39 is 15.8 Å². The first-order chi connectivity index (χ1) is 12.5. The van der Waals surface area contributed by atoms with Crippen LogP contribution in [0.3, 0.4) is 0 Å². The molecule has 9 heteroatoms. The molecule has 2 heterocycles. The number of sulfonamides is 1. The van der Waals surface area contributed by atoms with Gasteiger partial charge in [0, 0.05) is 24.9 Å². The van der Waals surface area contributed by atoms with E-state index in [0.717, 1.165) is 16.1 Å². The third-order valence-electron chi connectivity index (χ3n) is 4.93. The van der Waals surface area contributed by atoms with Crippen LogP contribution in [0.1, 0.15) is 47.5 Å². The van der Waals surface area contributed by atoms with Crippen molar-refractivity contribution in [1.82, 2.24) is 14.5 Å². The van der Waals surface area contributed by atoms with E-state index in [4.69, 9.17) is 4.74 Å². The summed E-state index contributed by atoms with van der Waals surface area (Å²) in [6, 6.07) is 3.56. The summed E-state index contributed by atoms with van der Waals surface area (Å²) in [5.74, 6) is 0.385. The maximum absolute atomic E-state index is 13.6. The smallest absolute Gasteiger partial charge is 0.246 e. The van der Waals surface area contributed by atoms with Crippen LogP contribution < -0.4 is 4.74 Å². The van der Waals surface area contributed by atoms with Gasteiger partial charge in [-0.2, -0.15) is 4.31 Å². The van der Waals surface area contributed by atoms with E-state index in [-0.39, 0.29) is 16.6 Å². The average molecular weight is 397 g/mol. The van der Waals surface area contributed by atoms with E-state index in [9.17, 15) is 12.8 Å². The lowest BCUT2D eigenvalue weighted by atomic mass is 9.99. The van der Waals surface area contributed by atoms with E-state index in [2.05, 4.69) is 10.2 Å². The van der Waals surface area contributed by atoms with E-state index >= 15 is 0 Å². The molecule has 2 fully saturated rings. The monoisotopic (exact) mass is 397 g/mol. The summed E-state index contributed by atoms with van der Waals surface area (Å²) in [6.07, 6.45) is 3.77. The van der Waals surface area contributed by atoms with Crippen molar-refractivity contribution in [2.75, 3.05) is 20.2 Å². The summed E-state index contributed by atoms with van der Waals surface area (Å²) in [5, 5.41) is 10.7. The fourth-order valence-corrected chi connectivity index (χ4v) is 6.06. The van der Waals surface area contributed by atoms with Crippen LogP contribution in [-0.2, 0) is 10.0 Å². The van der Waals surface area contributed by atoms with Crippen molar-refractivity contribution in [3.8, 4) is 5.75 Å². The number of aromatic nitrogens is 2. The van der Waals surface area contributed by atoms with Crippen LogP contribution in [0.15, 0.2) is 23.1 Å². The Morgan fingerprint density at radius 2 is 1.73 bits per heavy atom.